The van der Waals surface area contributed by atoms with Crippen molar-refractivity contribution in [3.05, 3.63) is 12.2 Å². The molecule has 0 aromatic heterocycles. The van der Waals surface area contributed by atoms with Crippen molar-refractivity contribution in [1.29, 1.82) is 5.41 Å². The van der Waals surface area contributed by atoms with E-state index in [0.717, 1.165) is 19.3 Å². The SMILES string of the molecule is C=C1CCCC2(C)CC3OC(=O)C(CSC(=N)N)C3CC12. The molecular formula is C16H24N2O2S. The monoisotopic (exact) mass is 308 g/mol. The summed E-state index contributed by atoms with van der Waals surface area (Å²) in [6.07, 6.45) is 5.58. The van der Waals surface area contributed by atoms with Crippen LogP contribution in [-0.4, -0.2) is 23.0 Å². The van der Waals surface area contributed by atoms with E-state index in [1.807, 2.05) is 0 Å². The minimum absolute atomic E-state index is 0.0576. The number of rotatable bonds is 2. The minimum atomic E-state index is -0.108. The Kier molecular flexibility index (Phi) is 3.80. The summed E-state index contributed by atoms with van der Waals surface area (Å²) in [5, 5.41) is 7.42. The second-order valence-corrected chi connectivity index (χ2v) is 8.14. The Morgan fingerprint density at radius 2 is 2.38 bits per heavy atom. The van der Waals surface area contributed by atoms with E-state index in [2.05, 4.69) is 13.5 Å². The highest BCUT2D eigenvalue weighted by atomic mass is 32.2. The molecule has 0 bridgehead atoms. The normalized spacial score (nSPS) is 42.1. The van der Waals surface area contributed by atoms with Crippen LogP contribution >= 0.6 is 11.8 Å². The summed E-state index contributed by atoms with van der Waals surface area (Å²) in [6, 6.07) is 0. The zero-order valence-electron chi connectivity index (χ0n) is 12.6. The van der Waals surface area contributed by atoms with Gasteiger partial charge in [0.05, 0.1) is 5.92 Å². The summed E-state index contributed by atoms with van der Waals surface area (Å²) in [6.45, 7) is 6.63. The summed E-state index contributed by atoms with van der Waals surface area (Å²) in [5.41, 5.74) is 7.02. The molecule has 0 spiro atoms. The summed E-state index contributed by atoms with van der Waals surface area (Å²) in [7, 11) is 0. The Balaban J connectivity index is 1.78. The van der Waals surface area contributed by atoms with Crippen molar-refractivity contribution in [2.24, 2.45) is 28.9 Å². The van der Waals surface area contributed by atoms with E-state index in [1.54, 1.807) is 0 Å². The maximum atomic E-state index is 12.2. The zero-order chi connectivity index (χ0) is 15.2. The second-order valence-electron chi connectivity index (χ2n) is 7.08. The largest absolute Gasteiger partial charge is 0.462 e. The molecule has 0 aromatic rings. The molecule has 3 aliphatic rings. The standard InChI is InChI=1S/C16H24N2O2S/c1-9-4-3-5-16(2)7-13-10(6-12(9)16)11(14(19)20-13)8-21-15(17)18/h10-13H,1,3-8H2,2H3,(H3,17,18). The lowest BCUT2D eigenvalue weighted by Gasteiger charge is -2.50. The molecular weight excluding hydrogens is 284 g/mol. The van der Waals surface area contributed by atoms with Gasteiger partial charge in [-0.1, -0.05) is 30.8 Å². The van der Waals surface area contributed by atoms with E-state index in [9.17, 15) is 4.79 Å². The first-order valence-electron chi connectivity index (χ1n) is 7.76. The predicted octanol–water partition coefficient (Wildman–Crippen LogP) is 2.93. The Labute approximate surface area is 130 Å². The van der Waals surface area contributed by atoms with Crippen LogP contribution in [0.4, 0.5) is 0 Å². The Morgan fingerprint density at radius 1 is 1.62 bits per heavy atom. The maximum absolute atomic E-state index is 12.2. The number of nitrogens with one attached hydrogen (secondary N) is 1. The summed E-state index contributed by atoms with van der Waals surface area (Å²) < 4.78 is 5.67. The van der Waals surface area contributed by atoms with Gasteiger partial charge in [0.15, 0.2) is 5.17 Å². The van der Waals surface area contributed by atoms with E-state index in [1.165, 1.54) is 30.2 Å². The topological polar surface area (TPSA) is 76.2 Å². The van der Waals surface area contributed by atoms with Crippen LogP contribution < -0.4 is 5.73 Å². The second kappa shape index (κ2) is 5.34. The van der Waals surface area contributed by atoms with Crippen LogP contribution in [0.15, 0.2) is 12.2 Å². The van der Waals surface area contributed by atoms with Crippen molar-refractivity contribution in [2.45, 2.75) is 45.1 Å². The number of esters is 1. The average Bonchev–Trinajstić information content (AvgIpc) is 2.68. The molecule has 2 saturated carbocycles. The molecule has 3 N–H and O–H groups in total. The third-order valence-electron chi connectivity index (χ3n) is 5.74. The molecule has 5 atom stereocenters. The number of hydrogen-bond acceptors (Lipinski definition) is 4. The van der Waals surface area contributed by atoms with Crippen molar-refractivity contribution in [3.8, 4) is 0 Å². The van der Waals surface area contributed by atoms with Gasteiger partial charge in [0.25, 0.3) is 0 Å². The molecule has 0 aromatic carbocycles. The number of hydrogen-bond donors (Lipinski definition) is 2. The van der Waals surface area contributed by atoms with Gasteiger partial charge in [-0.3, -0.25) is 10.2 Å². The van der Waals surface area contributed by atoms with E-state index in [0.29, 0.717) is 11.7 Å². The van der Waals surface area contributed by atoms with Crippen LogP contribution in [0.3, 0.4) is 0 Å². The maximum Gasteiger partial charge on any atom is 0.310 e. The number of ether oxygens (including phenoxy) is 1. The van der Waals surface area contributed by atoms with Crippen molar-refractivity contribution < 1.29 is 9.53 Å². The first-order chi connectivity index (χ1) is 9.90. The van der Waals surface area contributed by atoms with Gasteiger partial charge >= 0.3 is 5.97 Å². The van der Waals surface area contributed by atoms with Gasteiger partial charge in [0.1, 0.15) is 6.10 Å². The number of nitrogens with two attached hydrogens (primary N) is 1. The van der Waals surface area contributed by atoms with Crippen molar-refractivity contribution in [3.63, 3.8) is 0 Å². The Morgan fingerprint density at radius 3 is 3.10 bits per heavy atom. The number of amidine groups is 1. The van der Waals surface area contributed by atoms with Crippen molar-refractivity contribution in [1.82, 2.24) is 0 Å². The van der Waals surface area contributed by atoms with E-state index in [-0.39, 0.29) is 34.5 Å². The molecule has 1 heterocycles. The average molecular weight is 308 g/mol. The lowest BCUT2D eigenvalue weighted by atomic mass is 9.55. The quantitative estimate of drug-likeness (QED) is 0.356. The van der Waals surface area contributed by atoms with Crippen molar-refractivity contribution >= 4 is 22.9 Å². The number of allylic oxidation sites excluding steroid dienone is 1. The van der Waals surface area contributed by atoms with Gasteiger partial charge in [-0.15, -0.1) is 0 Å². The van der Waals surface area contributed by atoms with Crippen LogP contribution in [-0.2, 0) is 9.53 Å². The first kappa shape index (κ1) is 14.9. The third kappa shape index (κ3) is 2.60. The summed E-state index contributed by atoms with van der Waals surface area (Å²) in [4.78, 5) is 12.2. The first-order valence-corrected chi connectivity index (χ1v) is 8.74. The van der Waals surface area contributed by atoms with Crippen LogP contribution in [0.1, 0.15) is 39.0 Å². The highest BCUT2D eigenvalue weighted by Crippen LogP contribution is 2.57. The molecule has 0 amide bonds. The third-order valence-corrected chi connectivity index (χ3v) is 6.58. The van der Waals surface area contributed by atoms with Crippen LogP contribution in [0.2, 0.25) is 0 Å². The molecule has 2 aliphatic carbocycles. The molecule has 5 heteroatoms. The molecule has 4 nitrogen and oxygen atoms in total. The van der Waals surface area contributed by atoms with Crippen LogP contribution in [0.25, 0.3) is 0 Å². The van der Waals surface area contributed by atoms with Gasteiger partial charge in [-0.2, -0.15) is 0 Å². The fourth-order valence-corrected chi connectivity index (χ4v) is 5.37. The van der Waals surface area contributed by atoms with Gasteiger partial charge in [0, 0.05) is 11.7 Å². The summed E-state index contributed by atoms with van der Waals surface area (Å²) >= 11 is 1.26. The zero-order valence-corrected chi connectivity index (χ0v) is 13.4. The van der Waals surface area contributed by atoms with Gasteiger partial charge < -0.3 is 10.5 Å². The van der Waals surface area contributed by atoms with E-state index < -0.39 is 0 Å². The fourth-order valence-electron chi connectivity index (χ4n) is 4.63. The molecule has 3 rings (SSSR count). The summed E-state index contributed by atoms with van der Waals surface area (Å²) in [5.74, 6) is 1.17. The van der Waals surface area contributed by atoms with E-state index >= 15 is 0 Å². The lowest BCUT2D eigenvalue weighted by Crippen LogP contribution is -2.44. The smallest absolute Gasteiger partial charge is 0.310 e. The molecule has 1 saturated heterocycles. The molecule has 0 radical (unpaired) electrons. The fraction of sp³-hybridized carbons (Fsp3) is 0.750. The highest BCUT2D eigenvalue weighted by molar-refractivity contribution is 8.13. The Bertz CT molecular complexity index is 493. The predicted molar refractivity (Wildman–Crippen MR) is 85.1 cm³/mol. The van der Waals surface area contributed by atoms with Gasteiger partial charge in [0.2, 0.25) is 0 Å². The molecule has 3 fully saturated rings. The van der Waals surface area contributed by atoms with Gasteiger partial charge in [-0.25, -0.2) is 0 Å². The lowest BCUT2D eigenvalue weighted by molar-refractivity contribution is -0.145. The molecule has 21 heavy (non-hydrogen) atoms. The molecule has 5 unspecified atom stereocenters. The molecule has 116 valence electrons. The highest BCUT2D eigenvalue weighted by Gasteiger charge is 2.54. The number of carbonyl (C=O) groups is 1. The number of thioether (sulfide) groups is 1. The van der Waals surface area contributed by atoms with Crippen molar-refractivity contribution in [2.75, 3.05) is 5.75 Å². The number of carbonyl (C=O) groups excluding carboxylic acids is 1. The van der Waals surface area contributed by atoms with E-state index in [4.69, 9.17) is 15.9 Å². The Hall–Kier alpha value is -0.970. The molecule has 1 aliphatic heterocycles. The minimum Gasteiger partial charge on any atom is -0.462 e. The van der Waals surface area contributed by atoms with Crippen LogP contribution in [0.5, 0.6) is 0 Å². The number of fused-ring (bicyclic) bond motifs is 2. The van der Waals surface area contributed by atoms with Crippen LogP contribution in [0, 0.1) is 28.6 Å². The van der Waals surface area contributed by atoms with Gasteiger partial charge in [-0.05, 0) is 43.4 Å².